The van der Waals surface area contributed by atoms with Gasteiger partial charge in [-0.15, -0.1) is 0 Å². The minimum Gasteiger partial charge on any atom is -0.368 e. The average molecular weight is 439 g/mol. The molecule has 0 amide bonds. The number of nitrogens with zero attached hydrogens (tertiary/aromatic N) is 1. The zero-order chi connectivity index (χ0) is 17.8. The maximum absolute atomic E-state index is 6.10. The van der Waals surface area contributed by atoms with Crippen molar-refractivity contribution in [3.63, 3.8) is 0 Å². The second-order valence-corrected chi connectivity index (χ2v) is 7.91. The van der Waals surface area contributed by atoms with E-state index in [4.69, 9.17) is 23.8 Å². The van der Waals surface area contributed by atoms with E-state index >= 15 is 0 Å². The first-order valence-corrected chi connectivity index (χ1v) is 9.97. The van der Waals surface area contributed by atoms with E-state index in [0.717, 1.165) is 36.1 Å². The van der Waals surface area contributed by atoms with Gasteiger partial charge in [-0.25, -0.2) is 0 Å². The lowest BCUT2D eigenvalue weighted by Gasteiger charge is -2.25. The number of rotatable bonds is 5. The van der Waals surface area contributed by atoms with Crippen molar-refractivity contribution < 1.29 is 0 Å². The number of hydrogen-bond acceptors (Lipinski definition) is 2. The summed E-state index contributed by atoms with van der Waals surface area (Å²) >= 11 is 14.8. The summed E-state index contributed by atoms with van der Waals surface area (Å²) in [6.07, 6.45) is 2.16. The predicted octanol–water partition coefficient (Wildman–Crippen LogP) is 5.23. The van der Waals surface area contributed by atoms with Gasteiger partial charge in [-0.2, -0.15) is 0 Å². The van der Waals surface area contributed by atoms with Crippen LogP contribution in [0.4, 0.5) is 11.4 Å². The van der Waals surface area contributed by atoms with Crippen LogP contribution in [0.3, 0.4) is 0 Å². The Bertz CT molecular complexity index is 768. The molecule has 3 rings (SSSR count). The normalized spacial score (nSPS) is 15.8. The quantitative estimate of drug-likeness (QED) is 0.494. The molecule has 3 nitrogen and oxygen atoms in total. The van der Waals surface area contributed by atoms with Gasteiger partial charge in [0.05, 0.1) is 5.02 Å². The third-order valence-electron chi connectivity index (χ3n) is 4.39. The van der Waals surface area contributed by atoms with Crippen molar-refractivity contribution in [1.29, 1.82) is 0 Å². The van der Waals surface area contributed by atoms with Crippen LogP contribution in [0.1, 0.15) is 18.9 Å². The summed E-state index contributed by atoms with van der Waals surface area (Å²) < 4.78 is 0.874. The van der Waals surface area contributed by atoms with Crippen molar-refractivity contribution in [2.45, 2.75) is 25.8 Å². The van der Waals surface area contributed by atoms with Crippen molar-refractivity contribution in [3.05, 3.63) is 57.5 Å². The molecule has 0 aliphatic carbocycles. The van der Waals surface area contributed by atoms with E-state index in [9.17, 15) is 0 Å². The van der Waals surface area contributed by atoms with Crippen molar-refractivity contribution in [1.82, 2.24) is 5.32 Å². The SMILES string of the molecule is C[C@@H]1Cc2ccccc2N1CCCNC(=S)Nc1ccc(Br)c(Cl)c1. The van der Waals surface area contributed by atoms with Crippen molar-refractivity contribution in [2.75, 3.05) is 23.3 Å². The van der Waals surface area contributed by atoms with Crippen molar-refractivity contribution >= 4 is 56.2 Å². The lowest BCUT2D eigenvalue weighted by atomic mass is 10.1. The molecular weight excluding hydrogens is 418 g/mol. The molecule has 1 aliphatic rings. The maximum Gasteiger partial charge on any atom is 0.170 e. The zero-order valence-electron chi connectivity index (χ0n) is 14.1. The summed E-state index contributed by atoms with van der Waals surface area (Å²) in [5.41, 5.74) is 3.71. The molecule has 2 N–H and O–H groups in total. The molecule has 2 aromatic carbocycles. The highest BCUT2D eigenvalue weighted by Crippen LogP contribution is 2.31. The third kappa shape index (κ3) is 4.66. The monoisotopic (exact) mass is 437 g/mol. The van der Waals surface area contributed by atoms with Crippen LogP contribution >= 0.6 is 39.7 Å². The molecule has 132 valence electrons. The summed E-state index contributed by atoms with van der Waals surface area (Å²) in [4.78, 5) is 2.49. The van der Waals surface area contributed by atoms with E-state index in [0.29, 0.717) is 16.2 Å². The standard InChI is InChI=1S/C19H21BrClN3S/c1-13-11-14-5-2-3-6-18(14)24(13)10-4-9-22-19(25)23-15-7-8-16(20)17(21)12-15/h2-3,5-8,12-13H,4,9-11H2,1H3,(H2,22,23,25)/t13-/m1/s1. The fourth-order valence-electron chi connectivity index (χ4n) is 3.17. The Morgan fingerprint density at radius 1 is 1.32 bits per heavy atom. The lowest BCUT2D eigenvalue weighted by Crippen LogP contribution is -2.34. The maximum atomic E-state index is 6.10. The topological polar surface area (TPSA) is 27.3 Å². The average Bonchev–Trinajstić information content (AvgIpc) is 2.90. The van der Waals surface area contributed by atoms with E-state index in [-0.39, 0.29) is 0 Å². The number of halogens is 2. The highest BCUT2D eigenvalue weighted by atomic mass is 79.9. The molecule has 0 bridgehead atoms. The molecule has 0 aromatic heterocycles. The van der Waals surface area contributed by atoms with Gasteiger partial charge in [-0.05, 0) is 77.7 Å². The highest BCUT2D eigenvalue weighted by Gasteiger charge is 2.24. The number of hydrogen-bond donors (Lipinski definition) is 2. The molecule has 0 saturated carbocycles. The Morgan fingerprint density at radius 3 is 2.92 bits per heavy atom. The molecule has 0 fully saturated rings. The van der Waals surface area contributed by atoms with Gasteiger partial charge in [-0.1, -0.05) is 29.8 Å². The van der Waals surface area contributed by atoms with Gasteiger partial charge < -0.3 is 15.5 Å². The smallest absolute Gasteiger partial charge is 0.170 e. The Morgan fingerprint density at radius 2 is 2.12 bits per heavy atom. The summed E-state index contributed by atoms with van der Waals surface area (Å²) in [5, 5.41) is 7.71. The Kier molecular flexibility index (Phi) is 6.20. The van der Waals surface area contributed by atoms with Crippen LogP contribution in [-0.4, -0.2) is 24.2 Å². The molecule has 0 saturated heterocycles. The van der Waals surface area contributed by atoms with E-state index in [1.807, 2.05) is 18.2 Å². The van der Waals surface area contributed by atoms with Gasteiger partial charge in [0.2, 0.25) is 0 Å². The first-order chi connectivity index (χ1) is 12.0. The van der Waals surface area contributed by atoms with Crippen molar-refractivity contribution in [3.8, 4) is 0 Å². The molecule has 0 unspecified atom stereocenters. The third-order valence-corrected chi connectivity index (χ3v) is 5.87. The molecule has 0 spiro atoms. The summed E-state index contributed by atoms with van der Waals surface area (Å²) in [6.45, 7) is 4.15. The Balaban J connectivity index is 1.44. The molecular formula is C19H21BrClN3S. The molecule has 1 heterocycles. The predicted molar refractivity (Wildman–Crippen MR) is 115 cm³/mol. The minimum atomic E-state index is 0.562. The molecule has 2 aromatic rings. The van der Waals surface area contributed by atoms with Gasteiger partial charge in [0.1, 0.15) is 0 Å². The van der Waals surface area contributed by atoms with Gasteiger partial charge >= 0.3 is 0 Å². The van der Waals surface area contributed by atoms with E-state index in [1.165, 1.54) is 11.3 Å². The first kappa shape index (κ1) is 18.5. The number of anilines is 2. The number of fused-ring (bicyclic) bond motifs is 1. The van der Waals surface area contributed by atoms with Crippen LogP contribution in [0.15, 0.2) is 46.9 Å². The second kappa shape index (κ2) is 8.39. The highest BCUT2D eigenvalue weighted by molar-refractivity contribution is 9.10. The van der Waals surface area contributed by atoms with Crippen LogP contribution in [-0.2, 0) is 6.42 Å². The zero-order valence-corrected chi connectivity index (χ0v) is 17.2. The number of nitrogens with one attached hydrogen (secondary N) is 2. The van der Waals surface area contributed by atoms with Crippen LogP contribution in [0.2, 0.25) is 5.02 Å². The van der Waals surface area contributed by atoms with E-state index in [2.05, 4.69) is 62.7 Å². The van der Waals surface area contributed by atoms with Gasteiger partial charge in [-0.3, -0.25) is 0 Å². The Hall–Kier alpha value is -1.30. The fraction of sp³-hybridized carbons (Fsp3) is 0.316. The molecule has 25 heavy (non-hydrogen) atoms. The van der Waals surface area contributed by atoms with Gasteiger partial charge in [0.15, 0.2) is 5.11 Å². The summed E-state index contributed by atoms with van der Waals surface area (Å²) in [7, 11) is 0. The Labute approximate surface area is 167 Å². The second-order valence-electron chi connectivity index (χ2n) is 6.24. The van der Waals surface area contributed by atoms with Gasteiger partial charge in [0, 0.05) is 35.0 Å². The molecule has 1 aliphatic heterocycles. The van der Waals surface area contributed by atoms with Crippen molar-refractivity contribution in [2.24, 2.45) is 0 Å². The number of para-hydroxylation sites is 1. The van der Waals surface area contributed by atoms with E-state index in [1.54, 1.807) is 0 Å². The molecule has 6 heteroatoms. The minimum absolute atomic E-state index is 0.562. The van der Waals surface area contributed by atoms with Crippen LogP contribution in [0, 0.1) is 0 Å². The largest absolute Gasteiger partial charge is 0.368 e. The summed E-state index contributed by atoms with van der Waals surface area (Å²) in [5.74, 6) is 0. The lowest BCUT2D eigenvalue weighted by molar-refractivity contribution is 0.641. The van der Waals surface area contributed by atoms with Crippen LogP contribution in [0.25, 0.3) is 0 Å². The first-order valence-electron chi connectivity index (χ1n) is 8.39. The van der Waals surface area contributed by atoms with Crippen LogP contribution in [0.5, 0.6) is 0 Å². The molecule has 1 atom stereocenters. The molecule has 0 radical (unpaired) electrons. The number of benzene rings is 2. The van der Waals surface area contributed by atoms with Crippen LogP contribution < -0.4 is 15.5 Å². The fourth-order valence-corrected chi connectivity index (χ4v) is 3.82. The van der Waals surface area contributed by atoms with E-state index < -0.39 is 0 Å². The number of thiocarbonyl (C=S) groups is 1. The van der Waals surface area contributed by atoms with Gasteiger partial charge in [0.25, 0.3) is 0 Å². The summed E-state index contributed by atoms with van der Waals surface area (Å²) in [6, 6.07) is 14.9.